The van der Waals surface area contributed by atoms with E-state index in [-0.39, 0.29) is 0 Å². The fourth-order valence-electron chi connectivity index (χ4n) is 10.8. The zero-order chi connectivity index (χ0) is 27.3. The smallest absolute Gasteiger partial charge is 0.134 e. The molecule has 0 bridgehead atoms. The lowest BCUT2D eigenvalue weighted by atomic mass is 9.42. The van der Waals surface area contributed by atoms with Crippen LogP contribution in [0.15, 0.2) is 0 Å². The lowest BCUT2D eigenvalue weighted by Crippen LogP contribution is -2.56. The lowest BCUT2D eigenvalue weighted by Gasteiger charge is -2.63. The minimum atomic E-state index is 0.386. The lowest BCUT2D eigenvalue weighted by molar-refractivity contribution is -0.148. The van der Waals surface area contributed by atoms with Gasteiger partial charge in [0.05, 0.1) is 0 Å². The van der Waals surface area contributed by atoms with Gasteiger partial charge in [-0.25, -0.2) is 0 Å². The van der Waals surface area contributed by atoms with Crippen LogP contribution in [-0.2, 0) is 9.59 Å². The fraction of sp³-hybridized carbons (Fsp3) is 0.943. The topological polar surface area (TPSA) is 60.2 Å². The maximum Gasteiger partial charge on any atom is 0.134 e. The highest BCUT2D eigenvalue weighted by molar-refractivity contribution is 5.79. The van der Waals surface area contributed by atoms with Crippen LogP contribution in [0.5, 0.6) is 0 Å². The Balaban J connectivity index is 1.43. The minimum Gasteiger partial charge on any atom is -0.330 e. The summed E-state index contributed by atoms with van der Waals surface area (Å²) < 4.78 is 0. The summed E-state index contributed by atoms with van der Waals surface area (Å²) in [6, 6.07) is 0. The molecule has 7 unspecified atom stereocenters. The SMILES string of the molecule is CCCCCCCC(=O)CC[C@@H](C)C1CCC2C3C(CCC21C)C1(C)CCCCC1C[C@H]3CC(=O)CCN. The van der Waals surface area contributed by atoms with Crippen LogP contribution in [0.4, 0.5) is 0 Å². The van der Waals surface area contributed by atoms with Crippen molar-refractivity contribution in [1.29, 1.82) is 0 Å². The average molecular weight is 528 g/mol. The van der Waals surface area contributed by atoms with Crippen LogP contribution in [0, 0.1) is 52.3 Å². The second kappa shape index (κ2) is 13.3. The number of unbranched alkanes of at least 4 members (excludes halogenated alkanes) is 4. The van der Waals surface area contributed by atoms with Gasteiger partial charge in [0.1, 0.15) is 11.6 Å². The molecule has 4 saturated carbocycles. The summed E-state index contributed by atoms with van der Waals surface area (Å²) in [6.07, 6.45) is 22.4. The first-order valence-electron chi connectivity index (χ1n) is 17.0. The molecule has 4 fully saturated rings. The summed E-state index contributed by atoms with van der Waals surface area (Å²) in [5.41, 5.74) is 6.68. The summed E-state index contributed by atoms with van der Waals surface area (Å²) in [7, 11) is 0. The van der Waals surface area contributed by atoms with Crippen molar-refractivity contribution >= 4 is 11.6 Å². The Bertz CT molecular complexity index is 793. The van der Waals surface area contributed by atoms with Crippen LogP contribution in [0.1, 0.15) is 150 Å². The molecule has 3 heteroatoms. The number of carbonyl (C=O) groups excluding carboxylic acids is 2. The van der Waals surface area contributed by atoms with Gasteiger partial charge in [0.2, 0.25) is 0 Å². The first-order chi connectivity index (χ1) is 18.2. The molecule has 0 saturated heterocycles. The van der Waals surface area contributed by atoms with Crippen molar-refractivity contribution < 1.29 is 9.59 Å². The Morgan fingerprint density at radius 1 is 0.842 bits per heavy atom. The summed E-state index contributed by atoms with van der Waals surface area (Å²) in [5.74, 6) is 5.96. The van der Waals surface area contributed by atoms with Gasteiger partial charge < -0.3 is 5.73 Å². The molecule has 0 aromatic carbocycles. The molecule has 218 valence electrons. The number of hydrogen-bond acceptors (Lipinski definition) is 3. The molecule has 2 N–H and O–H groups in total. The molecule has 0 aromatic rings. The molecular weight excluding hydrogens is 466 g/mol. The summed E-state index contributed by atoms with van der Waals surface area (Å²) in [6.45, 7) is 10.5. The van der Waals surface area contributed by atoms with E-state index >= 15 is 0 Å². The molecule has 4 aliphatic rings. The second-order valence-electron chi connectivity index (χ2n) is 15.0. The van der Waals surface area contributed by atoms with E-state index in [9.17, 15) is 9.59 Å². The first kappa shape index (κ1) is 30.3. The van der Waals surface area contributed by atoms with Gasteiger partial charge in [0, 0.05) is 25.7 Å². The molecule has 3 nitrogen and oxygen atoms in total. The van der Waals surface area contributed by atoms with Crippen molar-refractivity contribution in [3.05, 3.63) is 0 Å². The molecule has 0 heterocycles. The highest BCUT2D eigenvalue weighted by Crippen LogP contribution is 2.70. The predicted molar refractivity (Wildman–Crippen MR) is 159 cm³/mol. The van der Waals surface area contributed by atoms with Crippen molar-refractivity contribution in [1.82, 2.24) is 0 Å². The molecule has 0 aromatic heterocycles. The van der Waals surface area contributed by atoms with E-state index in [4.69, 9.17) is 5.73 Å². The number of ketones is 2. The monoisotopic (exact) mass is 527 g/mol. The van der Waals surface area contributed by atoms with Gasteiger partial charge in [-0.05, 0) is 117 Å². The Morgan fingerprint density at radius 3 is 2.37 bits per heavy atom. The molecule has 4 rings (SSSR count). The van der Waals surface area contributed by atoms with E-state index in [2.05, 4.69) is 27.7 Å². The van der Waals surface area contributed by atoms with E-state index in [0.717, 1.165) is 61.7 Å². The molecule has 0 spiro atoms. The molecule has 0 aliphatic heterocycles. The van der Waals surface area contributed by atoms with E-state index in [1.807, 2.05) is 0 Å². The number of hydrogen-bond donors (Lipinski definition) is 1. The number of Topliss-reactive ketones (excluding diaryl/α,β-unsaturated/α-hetero) is 2. The Kier molecular flexibility index (Phi) is 10.6. The van der Waals surface area contributed by atoms with E-state index in [1.54, 1.807) is 0 Å². The quantitative estimate of drug-likeness (QED) is 0.229. The van der Waals surface area contributed by atoms with Crippen LogP contribution in [-0.4, -0.2) is 18.1 Å². The van der Waals surface area contributed by atoms with Crippen molar-refractivity contribution in [2.24, 2.45) is 58.0 Å². The third kappa shape index (κ3) is 6.28. The molecular formula is C35H61NO2. The van der Waals surface area contributed by atoms with E-state index < -0.39 is 0 Å². The minimum absolute atomic E-state index is 0.386. The van der Waals surface area contributed by atoms with Gasteiger partial charge in [0.25, 0.3) is 0 Å². The Hall–Kier alpha value is -0.700. The summed E-state index contributed by atoms with van der Waals surface area (Å²) in [4.78, 5) is 25.6. The van der Waals surface area contributed by atoms with Crippen molar-refractivity contribution in [2.45, 2.75) is 150 Å². The molecule has 9 atom stereocenters. The van der Waals surface area contributed by atoms with Gasteiger partial charge in [-0.15, -0.1) is 0 Å². The normalized spacial score (nSPS) is 39.2. The van der Waals surface area contributed by atoms with E-state index in [1.165, 1.54) is 83.5 Å². The number of rotatable bonds is 14. The highest BCUT2D eigenvalue weighted by Gasteiger charge is 2.62. The van der Waals surface area contributed by atoms with Crippen molar-refractivity contribution in [3.8, 4) is 0 Å². The van der Waals surface area contributed by atoms with Crippen LogP contribution in [0.25, 0.3) is 0 Å². The Labute approximate surface area is 235 Å². The molecule has 38 heavy (non-hydrogen) atoms. The summed E-state index contributed by atoms with van der Waals surface area (Å²) in [5, 5.41) is 0. The van der Waals surface area contributed by atoms with Crippen LogP contribution in [0.3, 0.4) is 0 Å². The van der Waals surface area contributed by atoms with Gasteiger partial charge in [-0.3, -0.25) is 9.59 Å². The number of carbonyl (C=O) groups is 2. The van der Waals surface area contributed by atoms with Gasteiger partial charge in [0.15, 0.2) is 0 Å². The highest BCUT2D eigenvalue weighted by atomic mass is 16.1. The first-order valence-corrected chi connectivity index (χ1v) is 17.0. The van der Waals surface area contributed by atoms with Crippen molar-refractivity contribution in [2.75, 3.05) is 6.54 Å². The second-order valence-corrected chi connectivity index (χ2v) is 15.0. The number of nitrogens with two attached hydrogens (primary N) is 1. The zero-order valence-electron chi connectivity index (χ0n) is 25.6. The van der Waals surface area contributed by atoms with Crippen LogP contribution >= 0.6 is 0 Å². The predicted octanol–water partition coefficient (Wildman–Crippen LogP) is 8.92. The molecule has 0 radical (unpaired) electrons. The van der Waals surface area contributed by atoms with E-state index in [0.29, 0.717) is 47.2 Å². The third-order valence-corrected chi connectivity index (χ3v) is 12.9. The van der Waals surface area contributed by atoms with Gasteiger partial charge in [-0.1, -0.05) is 66.2 Å². The maximum absolute atomic E-state index is 12.9. The largest absolute Gasteiger partial charge is 0.330 e. The summed E-state index contributed by atoms with van der Waals surface area (Å²) >= 11 is 0. The average Bonchev–Trinajstić information content (AvgIpc) is 3.24. The van der Waals surface area contributed by atoms with Crippen LogP contribution in [0.2, 0.25) is 0 Å². The van der Waals surface area contributed by atoms with Gasteiger partial charge >= 0.3 is 0 Å². The maximum atomic E-state index is 12.9. The molecule has 4 aliphatic carbocycles. The standard InChI is InChI=1S/C35H61NO2/c1-5-6-7-8-9-13-28(37)15-14-25(2)30-16-17-31-33-26(24-29(38)19-22-36)23-27-12-10-11-20-34(27,3)32(33)18-21-35(30,31)4/h25-27,30-33H,5-24,36H2,1-4H3/t25-,26+,27?,30?,31?,32?,33?,34?,35?/m1/s1. The molecule has 0 amide bonds. The number of fused-ring (bicyclic) bond motifs is 5. The zero-order valence-corrected chi connectivity index (χ0v) is 25.6. The van der Waals surface area contributed by atoms with Gasteiger partial charge in [-0.2, -0.15) is 0 Å². The fourth-order valence-corrected chi connectivity index (χ4v) is 10.8. The Morgan fingerprint density at radius 2 is 1.61 bits per heavy atom. The van der Waals surface area contributed by atoms with Crippen molar-refractivity contribution in [3.63, 3.8) is 0 Å². The third-order valence-electron chi connectivity index (χ3n) is 12.9. The van der Waals surface area contributed by atoms with Crippen LogP contribution < -0.4 is 5.73 Å².